The van der Waals surface area contributed by atoms with Crippen molar-refractivity contribution in [3.05, 3.63) is 50.4 Å². The number of aryl methyl sites for hydroxylation is 4. The molecule has 8 heteroatoms. The molecule has 0 saturated heterocycles. The molecule has 0 unspecified atom stereocenters. The summed E-state index contributed by atoms with van der Waals surface area (Å²) >= 11 is 0. The van der Waals surface area contributed by atoms with Crippen LogP contribution >= 0.6 is 0 Å². The number of rotatable bonds is 5. The van der Waals surface area contributed by atoms with Crippen LogP contribution in [0.15, 0.2) is 27.8 Å². The van der Waals surface area contributed by atoms with Crippen molar-refractivity contribution < 1.29 is 0 Å². The summed E-state index contributed by atoms with van der Waals surface area (Å²) in [6, 6.07) is 1.96. The third kappa shape index (κ3) is 2.71. The van der Waals surface area contributed by atoms with Crippen molar-refractivity contribution in [2.24, 2.45) is 7.05 Å². The Balaban J connectivity index is 2.42. The highest BCUT2D eigenvalue weighted by molar-refractivity contribution is 5.72. The molecule has 138 valence electrons. The first-order chi connectivity index (χ1) is 12.4. The maximum absolute atomic E-state index is 13.1. The molecule has 0 radical (unpaired) electrons. The SMILES string of the molecule is CC=CCn1c(=O)c2c(nc(-n3nc(C)cc3C)n2CCC)n(C)c1=O. The average Bonchev–Trinajstić information content (AvgIpc) is 3.13. The van der Waals surface area contributed by atoms with E-state index in [1.165, 1.54) is 9.13 Å². The Morgan fingerprint density at radius 3 is 2.50 bits per heavy atom. The van der Waals surface area contributed by atoms with Crippen LogP contribution < -0.4 is 11.2 Å². The average molecular weight is 356 g/mol. The molecule has 0 N–H and O–H groups in total. The van der Waals surface area contributed by atoms with Gasteiger partial charge in [-0.3, -0.25) is 13.9 Å². The van der Waals surface area contributed by atoms with Gasteiger partial charge in [0.1, 0.15) is 0 Å². The van der Waals surface area contributed by atoms with Crippen LogP contribution in [0.3, 0.4) is 0 Å². The number of fused-ring (bicyclic) bond motifs is 1. The van der Waals surface area contributed by atoms with Gasteiger partial charge in [0.15, 0.2) is 11.2 Å². The Hall–Kier alpha value is -2.90. The highest BCUT2D eigenvalue weighted by Gasteiger charge is 2.21. The van der Waals surface area contributed by atoms with Gasteiger partial charge in [-0.15, -0.1) is 0 Å². The van der Waals surface area contributed by atoms with Gasteiger partial charge in [0, 0.05) is 25.8 Å². The van der Waals surface area contributed by atoms with Crippen LogP contribution in [-0.4, -0.2) is 28.5 Å². The predicted octanol–water partition coefficient (Wildman–Crippen LogP) is 1.69. The molecule has 0 bridgehead atoms. The molecule has 3 aromatic heterocycles. The van der Waals surface area contributed by atoms with Crippen LogP contribution in [0.4, 0.5) is 0 Å². The van der Waals surface area contributed by atoms with Gasteiger partial charge < -0.3 is 4.57 Å². The molecule has 0 aliphatic rings. The van der Waals surface area contributed by atoms with Crippen molar-refractivity contribution >= 4 is 11.2 Å². The van der Waals surface area contributed by atoms with Gasteiger partial charge in [-0.2, -0.15) is 10.1 Å². The summed E-state index contributed by atoms with van der Waals surface area (Å²) in [6.07, 6.45) is 4.44. The number of hydrogen-bond acceptors (Lipinski definition) is 4. The molecular weight excluding hydrogens is 332 g/mol. The molecule has 3 rings (SSSR count). The molecule has 0 fully saturated rings. The largest absolute Gasteiger partial charge is 0.332 e. The zero-order chi connectivity index (χ0) is 19.0. The molecule has 26 heavy (non-hydrogen) atoms. The van der Waals surface area contributed by atoms with Crippen LogP contribution in [0.5, 0.6) is 0 Å². The zero-order valence-corrected chi connectivity index (χ0v) is 15.9. The van der Waals surface area contributed by atoms with Crippen molar-refractivity contribution in [1.29, 1.82) is 0 Å². The molecule has 0 aliphatic carbocycles. The Bertz CT molecular complexity index is 1110. The van der Waals surface area contributed by atoms with E-state index in [0.29, 0.717) is 23.7 Å². The zero-order valence-electron chi connectivity index (χ0n) is 15.9. The van der Waals surface area contributed by atoms with Gasteiger partial charge >= 0.3 is 5.69 Å². The molecule has 0 aliphatic heterocycles. The normalized spacial score (nSPS) is 11.9. The highest BCUT2D eigenvalue weighted by atomic mass is 16.2. The monoisotopic (exact) mass is 356 g/mol. The minimum Gasteiger partial charge on any atom is -0.302 e. The fourth-order valence-corrected chi connectivity index (χ4v) is 3.16. The maximum Gasteiger partial charge on any atom is 0.332 e. The number of aromatic nitrogens is 6. The van der Waals surface area contributed by atoms with Crippen molar-refractivity contribution in [3.63, 3.8) is 0 Å². The van der Waals surface area contributed by atoms with Gasteiger partial charge in [0.2, 0.25) is 5.95 Å². The fourth-order valence-electron chi connectivity index (χ4n) is 3.16. The molecule has 0 atom stereocenters. The van der Waals surface area contributed by atoms with E-state index >= 15 is 0 Å². The van der Waals surface area contributed by atoms with Crippen molar-refractivity contribution in [2.75, 3.05) is 0 Å². The lowest BCUT2D eigenvalue weighted by atomic mass is 10.4. The van der Waals surface area contributed by atoms with Gasteiger partial charge in [-0.1, -0.05) is 19.1 Å². The van der Waals surface area contributed by atoms with E-state index in [1.807, 2.05) is 44.4 Å². The second kappa shape index (κ2) is 6.78. The Morgan fingerprint density at radius 1 is 1.19 bits per heavy atom. The minimum atomic E-state index is -0.373. The topological polar surface area (TPSA) is 79.6 Å². The summed E-state index contributed by atoms with van der Waals surface area (Å²) in [5.74, 6) is 0.559. The molecule has 0 spiro atoms. The molecule has 0 amide bonds. The van der Waals surface area contributed by atoms with E-state index in [0.717, 1.165) is 17.8 Å². The summed E-state index contributed by atoms with van der Waals surface area (Å²) < 4.78 is 6.26. The molecule has 3 aromatic rings. The Morgan fingerprint density at radius 2 is 1.92 bits per heavy atom. The standard InChI is InChI=1S/C18H24N6O2/c1-6-8-10-23-16(25)14-15(21(5)18(23)26)19-17(22(14)9-7-2)24-13(4)11-12(3)20-24/h6,8,11H,7,9-10H2,1-5H3. The maximum atomic E-state index is 13.1. The number of allylic oxidation sites excluding steroid dienone is 2. The Labute approximate surface area is 151 Å². The van der Waals surface area contributed by atoms with Gasteiger partial charge in [0.25, 0.3) is 5.56 Å². The third-order valence-corrected chi connectivity index (χ3v) is 4.38. The van der Waals surface area contributed by atoms with E-state index in [9.17, 15) is 9.59 Å². The van der Waals surface area contributed by atoms with E-state index in [-0.39, 0.29) is 17.8 Å². The first kappa shape index (κ1) is 17.9. The fraction of sp³-hybridized carbons (Fsp3) is 0.444. The van der Waals surface area contributed by atoms with Crippen molar-refractivity contribution in [2.45, 2.75) is 47.2 Å². The quantitative estimate of drug-likeness (QED) is 0.652. The lowest BCUT2D eigenvalue weighted by molar-refractivity contribution is 0.632. The number of imidazole rings is 1. The molecule has 0 saturated carbocycles. The predicted molar refractivity (Wildman–Crippen MR) is 101 cm³/mol. The summed E-state index contributed by atoms with van der Waals surface area (Å²) in [4.78, 5) is 30.3. The van der Waals surface area contributed by atoms with Crippen molar-refractivity contribution in [1.82, 2.24) is 28.5 Å². The third-order valence-electron chi connectivity index (χ3n) is 4.38. The van der Waals surface area contributed by atoms with E-state index in [2.05, 4.69) is 10.1 Å². The molecule has 8 nitrogen and oxygen atoms in total. The van der Waals surface area contributed by atoms with Gasteiger partial charge in [-0.05, 0) is 33.3 Å². The van der Waals surface area contributed by atoms with E-state index < -0.39 is 0 Å². The highest BCUT2D eigenvalue weighted by Crippen LogP contribution is 2.17. The lowest BCUT2D eigenvalue weighted by Gasteiger charge is -2.09. The molecule has 0 aromatic carbocycles. The van der Waals surface area contributed by atoms with Crippen LogP contribution in [0.2, 0.25) is 0 Å². The van der Waals surface area contributed by atoms with E-state index in [1.54, 1.807) is 17.8 Å². The van der Waals surface area contributed by atoms with Gasteiger partial charge in [0.05, 0.1) is 5.69 Å². The number of hydrogen-bond donors (Lipinski definition) is 0. The molecule has 3 heterocycles. The first-order valence-corrected chi connectivity index (χ1v) is 8.75. The summed E-state index contributed by atoms with van der Waals surface area (Å²) in [6.45, 7) is 8.61. The molecular formula is C18H24N6O2. The van der Waals surface area contributed by atoms with Crippen LogP contribution in [-0.2, 0) is 20.1 Å². The second-order valence-electron chi connectivity index (χ2n) is 6.40. The van der Waals surface area contributed by atoms with E-state index in [4.69, 9.17) is 0 Å². The summed E-state index contributed by atoms with van der Waals surface area (Å²) in [5.41, 5.74) is 1.91. The Kier molecular flexibility index (Phi) is 4.67. The second-order valence-corrected chi connectivity index (χ2v) is 6.40. The number of nitrogens with zero attached hydrogens (tertiary/aromatic N) is 6. The van der Waals surface area contributed by atoms with Crippen LogP contribution in [0, 0.1) is 13.8 Å². The smallest absolute Gasteiger partial charge is 0.302 e. The summed E-state index contributed by atoms with van der Waals surface area (Å²) in [5, 5.41) is 4.50. The van der Waals surface area contributed by atoms with Crippen LogP contribution in [0.25, 0.3) is 17.1 Å². The lowest BCUT2D eigenvalue weighted by Crippen LogP contribution is -2.39. The first-order valence-electron chi connectivity index (χ1n) is 8.75. The van der Waals surface area contributed by atoms with Crippen LogP contribution in [0.1, 0.15) is 31.7 Å². The van der Waals surface area contributed by atoms with Gasteiger partial charge in [-0.25, -0.2) is 9.48 Å². The minimum absolute atomic E-state index is 0.241. The summed E-state index contributed by atoms with van der Waals surface area (Å²) in [7, 11) is 1.64. The van der Waals surface area contributed by atoms with Crippen molar-refractivity contribution in [3.8, 4) is 5.95 Å².